The number of hydrogen-bond acceptors (Lipinski definition) is 4. The molecule has 0 radical (unpaired) electrons. The van der Waals surface area contributed by atoms with E-state index in [1.165, 1.54) is 0 Å². The van der Waals surface area contributed by atoms with Crippen LogP contribution in [0.3, 0.4) is 0 Å². The Bertz CT molecular complexity index is 303. The molecule has 0 N–H and O–H groups in total. The van der Waals surface area contributed by atoms with E-state index >= 15 is 0 Å². The van der Waals surface area contributed by atoms with Crippen LogP contribution in [0.25, 0.3) is 0 Å². The summed E-state index contributed by atoms with van der Waals surface area (Å²) in [6, 6.07) is 3.73. The molecule has 0 aliphatic heterocycles. The normalized spacial score (nSPS) is 10.2. The van der Waals surface area contributed by atoms with Crippen LogP contribution >= 0.6 is 0 Å². The molecule has 0 aliphatic rings. The first-order chi connectivity index (χ1) is 7.78. The Morgan fingerprint density at radius 2 is 1.12 bits per heavy atom. The molecule has 0 saturated carbocycles. The van der Waals surface area contributed by atoms with Crippen LogP contribution in [0.2, 0.25) is 0 Å². The van der Waals surface area contributed by atoms with E-state index in [-0.39, 0.29) is 0 Å². The van der Waals surface area contributed by atoms with Gasteiger partial charge in [0.25, 0.3) is 0 Å². The van der Waals surface area contributed by atoms with Crippen LogP contribution in [0.4, 0.5) is 0 Å². The molecule has 0 spiro atoms. The van der Waals surface area contributed by atoms with Crippen LogP contribution < -0.4 is 9.47 Å². The molecule has 0 fully saturated rings. The van der Waals surface area contributed by atoms with Gasteiger partial charge in [0.05, 0.1) is 27.4 Å². The molecule has 4 heteroatoms. The highest BCUT2D eigenvalue weighted by Gasteiger charge is 2.14. The maximum Gasteiger partial charge on any atom is 0.125 e. The van der Waals surface area contributed by atoms with Crippen molar-refractivity contribution in [2.24, 2.45) is 0 Å². The zero-order valence-electron chi connectivity index (χ0n) is 10.2. The monoisotopic (exact) mass is 226 g/mol. The van der Waals surface area contributed by atoms with E-state index in [0.717, 1.165) is 22.6 Å². The number of ether oxygens (including phenoxy) is 4. The van der Waals surface area contributed by atoms with Gasteiger partial charge in [0.1, 0.15) is 11.5 Å². The molecule has 1 rings (SSSR count). The van der Waals surface area contributed by atoms with Crippen molar-refractivity contribution in [3.05, 3.63) is 23.3 Å². The molecule has 0 heterocycles. The lowest BCUT2D eigenvalue weighted by Gasteiger charge is -2.16. The van der Waals surface area contributed by atoms with Gasteiger partial charge < -0.3 is 18.9 Å². The molecule has 0 bridgehead atoms. The zero-order chi connectivity index (χ0) is 12.0. The Kier molecular flexibility index (Phi) is 5.08. The second-order valence-electron chi connectivity index (χ2n) is 3.29. The Morgan fingerprint density at radius 3 is 1.38 bits per heavy atom. The molecule has 0 aliphatic carbocycles. The van der Waals surface area contributed by atoms with Crippen molar-refractivity contribution in [3.63, 3.8) is 0 Å². The highest BCUT2D eigenvalue weighted by molar-refractivity contribution is 5.48. The summed E-state index contributed by atoms with van der Waals surface area (Å²) in [4.78, 5) is 0. The van der Waals surface area contributed by atoms with Crippen molar-refractivity contribution >= 4 is 0 Å². The number of rotatable bonds is 6. The molecule has 0 amide bonds. The highest BCUT2D eigenvalue weighted by atomic mass is 16.5. The fourth-order valence-electron chi connectivity index (χ4n) is 1.64. The molecule has 4 nitrogen and oxygen atoms in total. The van der Waals surface area contributed by atoms with E-state index in [2.05, 4.69) is 0 Å². The first-order valence-electron chi connectivity index (χ1n) is 4.99. The second kappa shape index (κ2) is 6.35. The van der Waals surface area contributed by atoms with Gasteiger partial charge in [-0.05, 0) is 12.1 Å². The first-order valence-corrected chi connectivity index (χ1v) is 4.99. The van der Waals surface area contributed by atoms with E-state index in [4.69, 9.17) is 18.9 Å². The molecule has 1 aromatic carbocycles. The lowest BCUT2D eigenvalue weighted by Crippen LogP contribution is -2.03. The van der Waals surface area contributed by atoms with Gasteiger partial charge in [-0.2, -0.15) is 0 Å². The maximum atomic E-state index is 5.29. The third kappa shape index (κ3) is 2.65. The molecule has 0 saturated heterocycles. The van der Waals surface area contributed by atoms with Crippen molar-refractivity contribution in [1.82, 2.24) is 0 Å². The average molecular weight is 226 g/mol. The quantitative estimate of drug-likeness (QED) is 0.743. The minimum atomic E-state index is 0.471. The Labute approximate surface area is 96.1 Å². The van der Waals surface area contributed by atoms with Gasteiger partial charge in [-0.15, -0.1) is 0 Å². The Hall–Kier alpha value is -1.26. The fraction of sp³-hybridized carbons (Fsp3) is 0.500. The van der Waals surface area contributed by atoms with Gasteiger partial charge >= 0.3 is 0 Å². The standard InChI is InChI=1S/C12H18O4/c1-13-7-9-10(8-14-2)12(16-4)6-5-11(9)15-3/h5-6H,7-8H2,1-4H3. The fourth-order valence-corrected chi connectivity index (χ4v) is 1.64. The minimum absolute atomic E-state index is 0.471. The summed E-state index contributed by atoms with van der Waals surface area (Å²) >= 11 is 0. The maximum absolute atomic E-state index is 5.29. The number of hydrogen-bond donors (Lipinski definition) is 0. The number of methoxy groups -OCH3 is 4. The third-order valence-electron chi connectivity index (χ3n) is 2.36. The predicted octanol–water partition coefficient (Wildman–Crippen LogP) is 2.00. The van der Waals surface area contributed by atoms with E-state index in [1.807, 2.05) is 12.1 Å². The van der Waals surface area contributed by atoms with Crippen LogP contribution in [0, 0.1) is 0 Å². The molecule has 0 aromatic heterocycles. The topological polar surface area (TPSA) is 36.9 Å². The van der Waals surface area contributed by atoms with Crippen LogP contribution in [0.1, 0.15) is 11.1 Å². The van der Waals surface area contributed by atoms with Crippen molar-refractivity contribution in [2.45, 2.75) is 13.2 Å². The van der Waals surface area contributed by atoms with Crippen molar-refractivity contribution in [3.8, 4) is 11.5 Å². The van der Waals surface area contributed by atoms with Crippen LogP contribution in [-0.2, 0) is 22.7 Å². The summed E-state index contributed by atoms with van der Waals surface area (Å²) in [5.74, 6) is 1.57. The number of benzene rings is 1. The van der Waals surface area contributed by atoms with Gasteiger partial charge in [-0.1, -0.05) is 0 Å². The Morgan fingerprint density at radius 1 is 0.750 bits per heavy atom. The van der Waals surface area contributed by atoms with E-state index in [0.29, 0.717) is 13.2 Å². The van der Waals surface area contributed by atoms with Crippen LogP contribution in [0.15, 0.2) is 12.1 Å². The molecular formula is C12H18O4. The van der Waals surface area contributed by atoms with Crippen LogP contribution in [-0.4, -0.2) is 28.4 Å². The van der Waals surface area contributed by atoms with Gasteiger partial charge in [-0.25, -0.2) is 0 Å². The van der Waals surface area contributed by atoms with Gasteiger partial charge in [0.2, 0.25) is 0 Å². The Balaban J connectivity index is 3.22. The summed E-state index contributed by atoms with van der Waals surface area (Å²) in [5.41, 5.74) is 1.93. The van der Waals surface area contributed by atoms with Crippen molar-refractivity contribution in [1.29, 1.82) is 0 Å². The van der Waals surface area contributed by atoms with Crippen molar-refractivity contribution in [2.75, 3.05) is 28.4 Å². The van der Waals surface area contributed by atoms with Gasteiger partial charge in [0, 0.05) is 25.3 Å². The molecule has 1 aromatic rings. The van der Waals surface area contributed by atoms with E-state index in [1.54, 1.807) is 28.4 Å². The summed E-state index contributed by atoms with van der Waals surface area (Å²) in [6.45, 7) is 0.943. The lowest BCUT2D eigenvalue weighted by atomic mass is 10.1. The third-order valence-corrected chi connectivity index (χ3v) is 2.36. The van der Waals surface area contributed by atoms with Crippen molar-refractivity contribution < 1.29 is 18.9 Å². The molecule has 0 atom stereocenters. The molecular weight excluding hydrogens is 208 g/mol. The smallest absolute Gasteiger partial charge is 0.125 e. The summed E-state index contributed by atoms with van der Waals surface area (Å²) < 4.78 is 20.9. The lowest BCUT2D eigenvalue weighted by molar-refractivity contribution is 0.163. The molecule has 0 unspecified atom stereocenters. The second-order valence-corrected chi connectivity index (χ2v) is 3.29. The van der Waals surface area contributed by atoms with E-state index in [9.17, 15) is 0 Å². The largest absolute Gasteiger partial charge is 0.496 e. The first kappa shape index (κ1) is 12.8. The summed E-state index contributed by atoms with van der Waals surface area (Å²) in [5, 5.41) is 0. The van der Waals surface area contributed by atoms with Gasteiger partial charge in [-0.3, -0.25) is 0 Å². The SMILES string of the molecule is COCc1c(OC)ccc(OC)c1COC. The molecule has 16 heavy (non-hydrogen) atoms. The summed E-state index contributed by atoms with van der Waals surface area (Å²) in [7, 11) is 6.57. The molecule has 90 valence electrons. The zero-order valence-corrected chi connectivity index (χ0v) is 10.2. The van der Waals surface area contributed by atoms with Gasteiger partial charge in [0.15, 0.2) is 0 Å². The highest BCUT2D eigenvalue weighted by Crippen LogP contribution is 2.31. The minimum Gasteiger partial charge on any atom is -0.496 e. The predicted molar refractivity (Wildman–Crippen MR) is 61.0 cm³/mol. The average Bonchev–Trinajstić information content (AvgIpc) is 2.31. The summed E-state index contributed by atoms with van der Waals surface area (Å²) in [6.07, 6.45) is 0. The van der Waals surface area contributed by atoms with Crippen LogP contribution in [0.5, 0.6) is 11.5 Å². The van der Waals surface area contributed by atoms with E-state index < -0.39 is 0 Å².